The van der Waals surface area contributed by atoms with Gasteiger partial charge in [-0.1, -0.05) is 71.1 Å². The number of ether oxygens (including phenoxy) is 1. The van der Waals surface area contributed by atoms with Crippen LogP contribution in [0.2, 0.25) is 0 Å². The highest BCUT2D eigenvalue weighted by Crippen LogP contribution is 2.19. The van der Waals surface area contributed by atoms with E-state index in [1.807, 2.05) is 0 Å². The Labute approximate surface area is 157 Å². The fourth-order valence-corrected chi connectivity index (χ4v) is 2.82. The lowest BCUT2D eigenvalue weighted by Gasteiger charge is -2.34. The fourth-order valence-electron chi connectivity index (χ4n) is 2.82. The van der Waals surface area contributed by atoms with E-state index < -0.39 is 37.3 Å². The topological polar surface area (TPSA) is 131 Å². The van der Waals surface area contributed by atoms with Gasteiger partial charge in [-0.15, -0.1) is 0 Å². The van der Waals surface area contributed by atoms with Crippen LogP contribution in [0.25, 0.3) is 0 Å². The van der Waals surface area contributed by atoms with Gasteiger partial charge in [0.05, 0.1) is 19.8 Å². The van der Waals surface area contributed by atoms with Crippen LogP contribution in [-0.2, 0) is 4.74 Å². The van der Waals surface area contributed by atoms with Crippen molar-refractivity contribution in [3.8, 4) is 0 Å². The summed E-state index contributed by atoms with van der Waals surface area (Å²) < 4.78 is 5.14. The van der Waals surface area contributed by atoms with Crippen LogP contribution < -0.4 is 0 Å². The summed E-state index contributed by atoms with van der Waals surface area (Å²) in [6.45, 7) is 0.624. The van der Waals surface area contributed by atoms with Crippen LogP contribution in [0.1, 0.15) is 77.6 Å². The van der Waals surface area contributed by atoms with E-state index in [0.717, 1.165) is 19.3 Å². The van der Waals surface area contributed by atoms with E-state index in [4.69, 9.17) is 9.84 Å². The van der Waals surface area contributed by atoms with Gasteiger partial charge in [0.1, 0.15) is 18.3 Å². The zero-order valence-corrected chi connectivity index (χ0v) is 16.2. The Morgan fingerprint density at radius 2 is 1.23 bits per heavy atom. The molecule has 0 aliphatic rings. The smallest absolute Gasteiger partial charge is 0.218 e. The highest BCUT2D eigenvalue weighted by Gasteiger charge is 2.43. The molecule has 26 heavy (non-hydrogen) atoms. The Hall–Kier alpha value is -0.280. The molecule has 6 N–H and O–H groups in total. The van der Waals surface area contributed by atoms with Gasteiger partial charge < -0.3 is 35.4 Å². The van der Waals surface area contributed by atoms with Crippen molar-refractivity contribution in [1.29, 1.82) is 0 Å². The molecule has 0 aromatic rings. The molecule has 0 aliphatic carbocycles. The van der Waals surface area contributed by atoms with Crippen LogP contribution in [0.15, 0.2) is 0 Å². The number of hydrogen-bond acceptors (Lipinski definition) is 7. The maximum atomic E-state index is 10.1. The minimum Gasteiger partial charge on any atom is -0.394 e. The standard InChI is InChI=1S/C19H40O7/c1-2-3-4-5-6-7-8-9-10-11-12-13-26-19(25,15-21)18(24)17(23)16(22)14-20/h16-18,20-25H,2-15H2,1H3. The number of aliphatic hydroxyl groups is 6. The minimum absolute atomic E-state index is 0.118. The molecule has 0 saturated heterocycles. The quantitative estimate of drug-likeness (QED) is 0.155. The highest BCUT2D eigenvalue weighted by molar-refractivity contribution is 4.86. The molecule has 0 heterocycles. The van der Waals surface area contributed by atoms with Gasteiger partial charge in [0.15, 0.2) is 0 Å². The Bertz CT molecular complexity index is 316. The zero-order chi connectivity index (χ0) is 19.8. The van der Waals surface area contributed by atoms with E-state index in [1.165, 1.54) is 44.9 Å². The van der Waals surface area contributed by atoms with Gasteiger partial charge in [0.2, 0.25) is 5.79 Å². The Morgan fingerprint density at radius 3 is 1.65 bits per heavy atom. The first kappa shape index (κ1) is 25.7. The molecule has 0 amide bonds. The van der Waals surface area contributed by atoms with Crippen molar-refractivity contribution in [1.82, 2.24) is 0 Å². The van der Waals surface area contributed by atoms with Crippen molar-refractivity contribution in [3.05, 3.63) is 0 Å². The maximum Gasteiger partial charge on any atom is 0.218 e. The lowest BCUT2D eigenvalue weighted by atomic mass is 10.0. The summed E-state index contributed by atoms with van der Waals surface area (Å²) in [6.07, 6.45) is 7.43. The SMILES string of the molecule is CCCCCCCCCCCCCOC(O)(CO)C(O)C(O)C(O)CO. The van der Waals surface area contributed by atoms with Crippen molar-refractivity contribution < 1.29 is 35.4 Å². The first-order valence-corrected chi connectivity index (χ1v) is 10.0. The molecule has 0 bridgehead atoms. The molecule has 0 rings (SSSR count). The van der Waals surface area contributed by atoms with Crippen molar-refractivity contribution >= 4 is 0 Å². The number of aliphatic hydroxyl groups excluding tert-OH is 5. The molecule has 7 heteroatoms. The van der Waals surface area contributed by atoms with Gasteiger partial charge in [-0.2, -0.15) is 0 Å². The summed E-state index contributed by atoms with van der Waals surface area (Å²) in [4.78, 5) is 0. The van der Waals surface area contributed by atoms with Crippen molar-refractivity contribution in [2.24, 2.45) is 0 Å². The zero-order valence-electron chi connectivity index (χ0n) is 16.2. The van der Waals surface area contributed by atoms with E-state index in [1.54, 1.807) is 0 Å². The molecule has 0 spiro atoms. The van der Waals surface area contributed by atoms with Crippen LogP contribution in [0.3, 0.4) is 0 Å². The highest BCUT2D eigenvalue weighted by atomic mass is 16.6. The largest absolute Gasteiger partial charge is 0.394 e. The van der Waals surface area contributed by atoms with Crippen LogP contribution in [0.5, 0.6) is 0 Å². The van der Waals surface area contributed by atoms with Gasteiger partial charge in [-0.05, 0) is 6.42 Å². The molecule has 4 atom stereocenters. The number of rotatable bonds is 18. The third-order valence-corrected chi connectivity index (χ3v) is 4.69. The fraction of sp³-hybridized carbons (Fsp3) is 1.00. The first-order valence-electron chi connectivity index (χ1n) is 10.0. The van der Waals surface area contributed by atoms with E-state index >= 15 is 0 Å². The average molecular weight is 381 g/mol. The predicted octanol–water partition coefficient (Wildman–Crippen LogP) is 1.07. The van der Waals surface area contributed by atoms with E-state index in [2.05, 4.69) is 6.92 Å². The normalized spacial score (nSPS) is 17.7. The number of hydrogen-bond donors (Lipinski definition) is 6. The molecule has 0 aliphatic heterocycles. The molecule has 158 valence electrons. The molecule has 0 saturated carbocycles. The lowest BCUT2D eigenvalue weighted by molar-refractivity contribution is -0.296. The van der Waals surface area contributed by atoms with Crippen molar-refractivity contribution in [2.75, 3.05) is 19.8 Å². The summed E-state index contributed by atoms with van der Waals surface area (Å²) >= 11 is 0. The average Bonchev–Trinajstić information content (AvgIpc) is 2.66. The lowest BCUT2D eigenvalue weighted by Crippen LogP contribution is -2.57. The molecule has 0 aromatic carbocycles. The van der Waals surface area contributed by atoms with Gasteiger partial charge in [-0.25, -0.2) is 0 Å². The van der Waals surface area contributed by atoms with Crippen LogP contribution in [-0.4, -0.2) is 74.6 Å². The Kier molecular flexibility index (Phi) is 15.6. The molecule has 0 aromatic heterocycles. The van der Waals surface area contributed by atoms with Crippen LogP contribution >= 0.6 is 0 Å². The van der Waals surface area contributed by atoms with Crippen molar-refractivity contribution in [3.63, 3.8) is 0 Å². The summed E-state index contributed by atoms with van der Waals surface area (Å²) in [6, 6.07) is 0. The first-order chi connectivity index (χ1) is 12.4. The van der Waals surface area contributed by atoms with Crippen molar-refractivity contribution in [2.45, 2.75) is 102 Å². The minimum atomic E-state index is -2.37. The molecular formula is C19H40O7. The molecule has 7 nitrogen and oxygen atoms in total. The molecule has 4 unspecified atom stereocenters. The third-order valence-electron chi connectivity index (χ3n) is 4.69. The Morgan fingerprint density at radius 1 is 0.769 bits per heavy atom. The predicted molar refractivity (Wildman–Crippen MR) is 99.6 cm³/mol. The maximum absolute atomic E-state index is 10.1. The second kappa shape index (κ2) is 15.7. The van der Waals surface area contributed by atoms with Gasteiger partial charge in [-0.3, -0.25) is 0 Å². The van der Waals surface area contributed by atoms with Gasteiger partial charge in [0.25, 0.3) is 0 Å². The summed E-state index contributed by atoms with van der Waals surface area (Å²) in [5.41, 5.74) is 0. The van der Waals surface area contributed by atoms with E-state index in [0.29, 0.717) is 6.42 Å². The molecule has 0 fully saturated rings. The summed E-state index contributed by atoms with van der Waals surface area (Å²) in [5, 5.41) is 56.9. The van der Waals surface area contributed by atoms with E-state index in [-0.39, 0.29) is 6.61 Å². The van der Waals surface area contributed by atoms with E-state index in [9.17, 15) is 25.5 Å². The van der Waals surface area contributed by atoms with Crippen LogP contribution in [0.4, 0.5) is 0 Å². The molecular weight excluding hydrogens is 340 g/mol. The molecule has 0 radical (unpaired) electrons. The summed E-state index contributed by atoms with van der Waals surface area (Å²) in [7, 11) is 0. The summed E-state index contributed by atoms with van der Waals surface area (Å²) in [5.74, 6) is -2.37. The van der Waals surface area contributed by atoms with Gasteiger partial charge in [0, 0.05) is 0 Å². The van der Waals surface area contributed by atoms with Gasteiger partial charge >= 0.3 is 0 Å². The second-order valence-corrected chi connectivity index (χ2v) is 7.07. The second-order valence-electron chi connectivity index (χ2n) is 7.07. The number of unbranched alkanes of at least 4 members (excludes halogenated alkanes) is 10. The third kappa shape index (κ3) is 10.8. The van der Waals surface area contributed by atoms with Crippen LogP contribution in [0, 0.1) is 0 Å². The Balaban J connectivity index is 3.79. The monoisotopic (exact) mass is 380 g/mol.